The molecule has 3 N–H and O–H groups in total. The number of aliphatic hydroxyl groups is 1. The van der Waals surface area contributed by atoms with Crippen molar-refractivity contribution in [2.24, 2.45) is 0 Å². The van der Waals surface area contributed by atoms with Crippen molar-refractivity contribution in [2.75, 3.05) is 19.0 Å². The second kappa shape index (κ2) is 8.35. The van der Waals surface area contributed by atoms with Crippen LogP contribution in [0, 0.1) is 0 Å². The summed E-state index contributed by atoms with van der Waals surface area (Å²) >= 11 is 0. The first kappa shape index (κ1) is 17.8. The number of amides is 2. The predicted molar refractivity (Wildman–Crippen MR) is 91.7 cm³/mol. The lowest BCUT2D eigenvalue weighted by molar-refractivity contribution is 0.129. The van der Waals surface area contributed by atoms with Crippen LogP contribution in [0.3, 0.4) is 0 Å². The van der Waals surface area contributed by atoms with Crippen molar-refractivity contribution in [2.45, 2.75) is 32.0 Å². The number of aromatic nitrogens is 1. The normalized spacial score (nSPS) is 13.2. The number of carbonyl (C=O) groups excluding carboxylic acids is 1. The Morgan fingerprint density at radius 2 is 2.21 bits per heavy atom. The zero-order chi connectivity index (χ0) is 17.5. The largest absolute Gasteiger partial charge is 0.467 e. The summed E-state index contributed by atoms with van der Waals surface area (Å²) in [7, 11) is 3.83. The van der Waals surface area contributed by atoms with E-state index in [-0.39, 0.29) is 12.1 Å². The van der Waals surface area contributed by atoms with Gasteiger partial charge in [-0.15, -0.1) is 0 Å². The maximum atomic E-state index is 12.0. The van der Waals surface area contributed by atoms with Crippen LogP contribution in [-0.2, 0) is 6.54 Å². The van der Waals surface area contributed by atoms with Crippen LogP contribution in [0.1, 0.15) is 30.8 Å². The second-order valence-electron chi connectivity index (χ2n) is 5.91. The summed E-state index contributed by atoms with van der Waals surface area (Å²) in [5.41, 5.74) is 0.965. The Morgan fingerprint density at radius 3 is 2.88 bits per heavy atom. The molecule has 0 unspecified atom stereocenters. The molecule has 0 bridgehead atoms. The number of nitrogens with one attached hydrogen (secondary N) is 2. The van der Waals surface area contributed by atoms with Gasteiger partial charge in [-0.3, -0.25) is 0 Å². The third kappa shape index (κ3) is 5.27. The summed E-state index contributed by atoms with van der Waals surface area (Å²) in [4.78, 5) is 18.1. The van der Waals surface area contributed by atoms with E-state index in [1.165, 1.54) is 6.26 Å². The number of pyridine rings is 1. The third-order valence-electron chi connectivity index (χ3n) is 3.55. The maximum Gasteiger partial charge on any atom is 0.315 e. The fourth-order valence-corrected chi connectivity index (χ4v) is 2.26. The van der Waals surface area contributed by atoms with Crippen molar-refractivity contribution in [1.29, 1.82) is 0 Å². The average Bonchev–Trinajstić information content (AvgIpc) is 3.07. The minimum atomic E-state index is -0.738. The quantitative estimate of drug-likeness (QED) is 0.722. The Morgan fingerprint density at radius 1 is 1.42 bits per heavy atom. The smallest absolute Gasteiger partial charge is 0.315 e. The number of hydrogen-bond donors (Lipinski definition) is 3. The van der Waals surface area contributed by atoms with Crippen molar-refractivity contribution >= 4 is 11.8 Å². The van der Waals surface area contributed by atoms with Crippen LogP contribution in [-0.4, -0.2) is 36.3 Å². The lowest BCUT2D eigenvalue weighted by Crippen LogP contribution is -2.41. The summed E-state index contributed by atoms with van der Waals surface area (Å²) in [6, 6.07) is 6.74. The van der Waals surface area contributed by atoms with Gasteiger partial charge in [-0.25, -0.2) is 9.78 Å². The predicted octanol–water partition coefficient (Wildman–Crippen LogP) is 2.05. The number of urea groups is 1. The van der Waals surface area contributed by atoms with Gasteiger partial charge in [-0.05, 0) is 36.8 Å². The van der Waals surface area contributed by atoms with Crippen LogP contribution in [0.25, 0.3) is 0 Å². The van der Waals surface area contributed by atoms with Crippen LogP contribution in [0.5, 0.6) is 0 Å². The van der Waals surface area contributed by atoms with E-state index in [4.69, 9.17) is 4.42 Å². The molecule has 0 radical (unpaired) electrons. The average molecular weight is 332 g/mol. The van der Waals surface area contributed by atoms with Gasteiger partial charge in [0.05, 0.1) is 6.26 Å². The Balaban J connectivity index is 1.77. The van der Waals surface area contributed by atoms with Crippen LogP contribution in [0.15, 0.2) is 41.1 Å². The molecule has 0 spiro atoms. The van der Waals surface area contributed by atoms with E-state index in [1.54, 1.807) is 18.3 Å². The summed E-state index contributed by atoms with van der Waals surface area (Å²) in [6.07, 6.45) is 2.87. The van der Waals surface area contributed by atoms with Crippen LogP contribution in [0.4, 0.5) is 10.6 Å². The van der Waals surface area contributed by atoms with Crippen molar-refractivity contribution in [3.8, 4) is 0 Å². The fourth-order valence-electron chi connectivity index (χ4n) is 2.26. The molecule has 2 atom stereocenters. The molecular weight excluding hydrogens is 308 g/mol. The minimum absolute atomic E-state index is 0.195. The highest BCUT2D eigenvalue weighted by molar-refractivity contribution is 5.74. The van der Waals surface area contributed by atoms with Crippen LogP contribution >= 0.6 is 0 Å². The first-order chi connectivity index (χ1) is 11.5. The number of hydrogen-bond acceptors (Lipinski definition) is 5. The molecule has 0 fully saturated rings. The van der Waals surface area contributed by atoms with Gasteiger partial charge in [-0.2, -0.15) is 0 Å². The molecule has 130 valence electrons. The summed E-state index contributed by atoms with van der Waals surface area (Å²) in [5, 5.41) is 15.6. The summed E-state index contributed by atoms with van der Waals surface area (Å²) in [6.45, 7) is 2.24. The number of anilines is 1. The van der Waals surface area contributed by atoms with E-state index < -0.39 is 6.10 Å². The molecule has 0 saturated heterocycles. The highest BCUT2D eigenvalue weighted by atomic mass is 16.4. The van der Waals surface area contributed by atoms with Crippen LogP contribution in [0.2, 0.25) is 0 Å². The number of carbonyl (C=O) groups is 1. The minimum Gasteiger partial charge on any atom is -0.467 e. The molecule has 2 rings (SSSR count). The molecule has 24 heavy (non-hydrogen) atoms. The molecule has 0 aliphatic rings. The number of aliphatic hydroxyl groups excluding tert-OH is 1. The lowest BCUT2D eigenvalue weighted by Gasteiger charge is -2.17. The highest BCUT2D eigenvalue weighted by Gasteiger charge is 2.16. The topological polar surface area (TPSA) is 90.6 Å². The first-order valence-electron chi connectivity index (χ1n) is 7.83. The van der Waals surface area contributed by atoms with Crippen molar-refractivity contribution in [3.05, 3.63) is 48.0 Å². The van der Waals surface area contributed by atoms with E-state index in [2.05, 4.69) is 15.6 Å². The molecule has 2 aromatic heterocycles. The van der Waals surface area contributed by atoms with Crippen LogP contribution < -0.4 is 15.5 Å². The monoisotopic (exact) mass is 332 g/mol. The summed E-state index contributed by atoms with van der Waals surface area (Å²) in [5.74, 6) is 1.33. The molecule has 0 aliphatic carbocycles. The SMILES string of the molecule is C[C@H](C[C@@H](O)c1ccco1)NC(=O)NCc1ccnc(N(C)C)c1. The Labute approximate surface area is 141 Å². The number of furan rings is 1. The molecule has 2 aromatic rings. The second-order valence-corrected chi connectivity index (χ2v) is 5.91. The lowest BCUT2D eigenvalue weighted by atomic mass is 10.1. The van der Waals surface area contributed by atoms with Crippen molar-refractivity contribution < 1.29 is 14.3 Å². The van der Waals surface area contributed by atoms with Gasteiger partial charge >= 0.3 is 6.03 Å². The van der Waals surface area contributed by atoms with Crippen molar-refractivity contribution in [3.63, 3.8) is 0 Å². The molecule has 7 nitrogen and oxygen atoms in total. The molecular formula is C17H24N4O3. The van der Waals surface area contributed by atoms with Gasteiger partial charge in [0.1, 0.15) is 17.7 Å². The molecule has 0 saturated carbocycles. The molecule has 2 heterocycles. The highest BCUT2D eigenvalue weighted by Crippen LogP contribution is 2.18. The van der Waals surface area contributed by atoms with Gasteiger partial charge in [0, 0.05) is 39.3 Å². The van der Waals surface area contributed by atoms with E-state index in [1.807, 2.05) is 38.1 Å². The number of rotatable bonds is 7. The maximum absolute atomic E-state index is 12.0. The van der Waals surface area contributed by atoms with Gasteiger partial charge in [0.2, 0.25) is 0 Å². The van der Waals surface area contributed by atoms with E-state index >= 15 is 0 Å². The van der Waals surface area contributed by atoms with E-state index in [0.717, 1.165) is 11.4 Å². The molecule has 0 aliphatic heterocycles. The Kier molecular flexibility index (Phi) is 6.20. The Bertz CT molecular complexity index is 643. The van der Waals surface area contributed by atoms with Gasteiger partial charge in [0.15, 0.2) is 0 Å². The summed E-state index contributed by atoms with van der Waals surface area (Å²) < 4.78 is 5.15. The van der Waals surface area contributed by atoms with Crippen molar-refractivity contribution in [1.82, 2.24) is 15.6 Å². The molecule has 7 heteroatoms. The van der Waals surface area contributed by atoms with E-state index in [0.29, 0.717) is 18.7 Å². The fraction of sp³-hybridized carbons (Fsp3) is 0.412. The van der Waals surface area contributed by atoms with Gasteiger partial charge in [0.25, 0.3) is 0 Å². The zero-order valence-electron chi connectivity index (χ0n) is 14.2. The number of nitrogens with zero attached hydrogens (tertiary/aromatic N) is 2. The van der Waals surface area contributed by atoms with E-state index in [9.17, 15) is 9.90 Å². The standard InChI is InChI=1S/C17H24N4O3/c1-12(9-14(22)15-5-4-8-24-15)20-17(23)19-11-13-6-7-18-16(10-13)21(2)3/h4-8,10,12,14,22H,9,11H2,1-3H3,(H2,19,20,23)/t12-,14-/m1/s1. The first-order valence-corrected chi connectivity index (χ1v) is 7.83. The molecule has 0 aromatic carbocycles. The third-order valence-corrected chi connectivity index (χ3v) is 3.55. The zero-order valence-corrected chi connectivity index (χ0v) is 14.2. The van der Waals surface area contributed by atoms with Gasteiger partial charge < -0.3 is 25.1 Å². The molecule has 2 amide bonds. The Hall–Kier alpha value is -2.54. The van der Waals surface area contributed by atoms with Gasteiger partial charge in [-0.1, -0.05) is 0 Å².